The summed E-state index contributed by atoms with van der Waals surface area (Å²) in [6.07, 6.45) is 4.70. The molecule has 2 unspecified atom stereocenters. The van der Waals surface area contributed by atoms with Gasteiger partial charge in [0.1, 0.15) is 0 Å². The Labute approximate surface area is 130 Å². The zero-order valence-electron chi connectivity index (χ0n) is 14.5. The van der Waals surface area contributed by atoms with E-state index in [4.69, 9.17) is 0 Å². The monoisotopic (exact) mass is 295 g/mol. The van der Waals surface area contributed by atoms with Gasteiger partial charge in [-0.1, -0.05) is 20.8 Å². The first-order valence-corrected chi connectivity index (χ1v) is 8.53. The lowest BCUT2D eigenvalue weighted by Crippen LogP contribution is -2.53. The summed E-state index contributed by atoms with van der Waals surface area (Å²) < 4.78 is 0. The van der Waals surface area contributed by atoms with Gasteiger partial charge in [0.15, 0.2) is 0 Å². The van der Waals surface area contributed by atoms with E-state index in [1.165, 1.54) is 19.4 Å². The van der Waals surface area contributed by atoms with E-state index >= 15 is 0 Å². The van der Waals surface area contributed by atoms with E-state index in [-0.39, 0.29) is 5.41 Å². The number of amides is 1. The first-order valence-electron chi connectivity index (χ1n) is 8.53. The predicted octanol–water partition coefficient (Wildman–Crippen LogP) is 2.10. The van der Waals surface area contributed by atoms with Crippen molar-refractivity contribution in [3.05, 3.63) is 0 Å². The van der Waals surface area contributed by atoms with Crippen LogP contribution in [0, 0.1) is 5.41 Å². The molecule has 0 aliphatic carbocycles. The molecule has 0 radical (unpaired) electrons. The fourth-order valence-corrected chi connectivity index (χ4v) is 3.50. The van der Waals surface area contributed by atoms with Crippen molar-refractivity contribution in [1.82, 2.24) is 15.1 Å². The van der Waals surface area contributed by atoms with Crippen LogP contribution in [0.5, 0.6) is 0 Å². The second-order valence-electron chi connectivity index (χ2n) is 8.03. The summed E-state index contributed by atoms with van der Waals surface area (Å²) in [4.78, 5) is 16.8. The van der Waals surface area contributed by atoms with E-state index in [2.05, 4.69) is 29.1 Å². The summed E-state index contributed by atoms with van der Waals surface area (Å²) in [5.74, 6) is 0.300. The van der Waals surface area contributed by atoms with Gasteiger partial charge in [0.25, 0.3) is 0 Å². The smallest absolute Gasteiger partial charge is 0.227 e. The zero-order chi connectivity index (χ0) is 15.6. The molecule has 2 atom stereocenters. The van der Waals surface area contributed by atoms with E-state index < -0.39 is 0 Å². The van der Waals surface area contributed by atoms with Crippen LogP contribution in [0.4, 0.5) is 0 Å². The molecule has 1 N–H and O–H groups in total. The number of carbonyl (C=O) groups excluding carboxylic acids is 1. The molecule has 2 aliphatic heterocycles. The molecule has 0 bridgehead atoms. The first-order chi connectivity index (χ1) is 9.77. The third-order valence-corrected chi connectivity index (χ3v) is 5.10. The number of nitrogens with zero attached hydrogens (tertiary/aromatic N) is 2. The maximum absolute atomic E-state index is 12.3. The highest BCUT2D eigenvalue weighted by atomic mass is 16.2. The van der Waals surface area contributed by atoms with E-state index in [1.807, 2.05) is 20.8 Å². The van der Waals surface area contributed by atoms with E-state index in [0.29, 0.717) is 24.0 Å². The molecule has 21 heavy (non-hydrogen) atoms. The quantitative estimate of drug-likeness (QED) is 0.847. The average molecular weight is 295 g/mol. The lowest BCUT2D eigenvalue weighted by Gasteiger charge is -2.40. The predicted molar refractivity (Wildman–Crippen MR) is 87.3 cm³/mol. The highest BCUT2D eigenvalue weighted by Gasteiger charge is 2.31. The third kappa shape index (κ3) is 4.43. The molecule has 0 aromatic rings. The Morgan fingerprint density at radius 2 is 1.62 bits per heavy atom. The van der Waals surface area contributed by atoms with Crippen LogP contribution in [0.15, 0.2) is 0 Å². The SMILES string of the molecule is CC1CC(NC2CCN(C(=O)C(C)(C)C)CC2)CCN1C. The van der Waals surface area contributed by atoms with Gasteiger partial charge in [-0.3, -0.25) is 4.79 Å². The highest BCUT2D eigenvalue weighted by molar-refractivity contribution is 5.81. The number of hydrogen-bond acceptors (Lipinski definition) is 3. The highest BCUT2D eigenvalue weighted by Crippen LogP contribution is 2.22. The molecule has 0 saturated carbocycles. The normalized spacial score (nSPS) is 29.7. The van der Waals surface area contributed by atoms with Gasteiger partial charge in [0.2, 0.25) is 5.91 Å². The topological polar surface area (TPSA) is 35.6 Å². The molecule has 1 amide bonds. The number of likely N-dealkylation sites (tertiary alicyclic amines) is 2. The molecule has 0 aromatic heterocycles. The molecule has 122 valence electrons. The minimum absolute atomic E-state index is 0.246. The number of piperidine rings is 2. The Bertz CT molecular complexity index is 356. The van der Waals surface area contributed by atoms with Gasteiger partial charge in [-0.25, -0.2) is 0 Å². The van der Waals surface area contributed by atoms with Gasteiger partial charge in [0.05, 0.1) is 0 Å². The number of carbonyl (C=O) groups is 1. The molecular weight excluding hydrogens is 262 g/mol. The Morgan fingerprint density at radius 3 is 2.14 bits per heavy atom. The molecule has 2 rings (SSSR count). The molecular formula is C17H33N3O. The van der Waals surface area contributed by atoms with Crippen LogP contribution >= 0.6 is 0 Å². The Hall–Kier alpha value is -0.610. The minimum atomic E-state index is -0.246. The van der Waals surface area contributed by atoms with Crippen molar-refractivity contribution in [2.75, 3.05) is 26.7 Å². The van der Waals surface area contributed by atoms with Gasteiger partial charge >= 0.3 is 0 Å². The molecule has 4 heteroatoms. The van der Waals surface area contributed by atoms with Crippen LogP contribution in [0.2, 0.25) is 0 Å². The first kappa shape index (κ1) is 16.8. The van der Waals surface area contributed by atoms with Crippen LogP contribution in [-0.2, 0) is 4.79 Å². The fourth-order valence-electron chi connectivity index (χ4n) is 3.50. The average Bonchev–Trinajstić information content (AvgIpc) is 2.42. The van der Waals surface area contributed by atoms with Gasteiger partial charge in [0, 0.05) is 36.6 Å². The van der Waals surface area contributed by atoms with Gasteiger partial charge in [-0.15, -0.1) is 0 Å². The minimum Gasteiger partial charge on any atom is -0.342 e. The molecule has 2 fully saturated rings. The Morgan fingerprint density at radius 1 is 1.05 bits per heavy atom. The van der Waals surface area contributed by atoms with Crippen molar-refractivity contribution in [2.45, 2.75) is 71.5 Å². The maximum atomic E-state index is 12.3. The summed E-state index contributed by atoms with van der Waals surface area (Å²) in [6.45, 7) is 11.4. The fraction of sp³-hybridized carbons (Fsp3) is 0.941. The summed E-state index contributed by atoms with van der Waals surface area (Å²) in [6, 6.07) is 1.93. The summed E-state index contributed by atoms with van der Waals surface area (Å²) in [7, 11) is 2.22. The summed E-state index contributed by atoms with van der Waals surface area (Å²) in [5, 5.41) is 3.84. The van der Waals surface area contributed by atoms with Crippen LogP contribution in [0.25, 0.3) is 0 Å². The second-order valence-corrected chi connectivity index (χ2v) is 8.03. The number of nitrogens with one attached hydrogen (secondary N) is 1. The lowest BCUT2D eigenvalue weighted by atomic mass is 9.92. The lowest BCUT2D eigenvalue weighted by molar-refractivity contribution is -0.140. The molecule has 0 aromatic carbocycles. The van der Waals surface area contributed by atoms with Crippen molar-refractivity contribution in [3.8, 4) is 0 Å². The van der Waals surface area contributed by atoms with Gasteiger partial charge in [-0.05, 0) is 46.2 Å². The molecule has 2 aliphatic rings. The van der Waals surface area contributed by atoms with E-state index in [9.17, 15) is 4.79 Å². The third-order valence-electron chi connectivity index (χ3n) is 5.10. The molecule has 4 nitrogen and oxygen atoms in total. The van der Waals surface area contributed by atoms with Crippen molar-refractivity contribution in [1.29, 1.82) is 0 Å². The Balaban J connectivity index is 1.76. The maximum Gasteiger partial charge on any atom is 0.227 e. The molecule has 2 saturated heterocycles. The van der Waals surface area contributed by atoms with Crippen molar-refractivity contribution >= 4 is 5.91 Å². The molecule has 2 heterocycles. The summed E-state index contributed by atoms with van der Waals surface area (Å²) in [5.41, 5.74) is -0.246. The van der Waals surface area contributed by atoms with Crippen LogP contribution < -0.4 is 5.32 Å². The summed E-state index contributed by atoms with van der Waals surface area (Å²) >= 11 is 0. The second kappa shape index (κ2) is 6.66. The van der Waals surface area contributed by atoms with Crippen LogP contribution in [-0.4, -0.2) is 60.5 Å². The number of hydrogen-bond donors (Lipinski definition) is 1. The van der Waals surface area contributed by atoms with E-state index in [1.54, 1.807) is 0 Å². The van der Waals surface area contributed by atoms with Crippen LogP contribution in [0.3, 0.4) is 0 Å². The number of rotatable bonds is 2. The van der Waals surface area contributed by atoms with Crippen molar-refractivity contribution < 1.29 is 4.79 Å². The Kier molecular flexibility index (Phi) is 5.31. The zero-order valence-corrected chi connectivity index (χ0v) is 14.5. The van der Waals surface area contributed by atoms with E-state index in [0.717, 1.165) is 25.9 Å². The van der Waals surface area contributed by atoms with Crippen molar-refractivity contribution in [2.24, 2.45) is 5.41 Å². The molecule has 0 spiro atoms. The van der Waals surface area contributed by atoms with Crippen molar-refractivity contribution in [3.63, 3.8) is 0 Å². The van der Waals surface area contributed by atoms with Gasteiger partial charge in [-0.2, -0.15) is 0 Å². The standard InChI is InChI=1S/C17H33N3O/c1-13-12-15(6-9-19(13)5)18-14-7-10-20(11-8-14)16(21)17(2,3)4/h13-15,18H,6-12H2,1-5H3. The van der Waals surface area contributed by atoms with Crippen LogP contribution in [0.1, 0.15) is 53.4 Å². The van der Waals surface area contributed by atoms with Gasteiger partial charge < -0.3 is 15.1 Å². The largest absolute Gasteiger partial charge is 0.342 e.